The maximum Gasteiger partial charge on any atom is 0.344 e. The SMILES string of the molecule is O=C(COC(=O)COc1ccc(Br)cc1)Nc1ccccc1[N+](=O)[O-]. The van der Waals surface area contributed by atoms with E-state index in [4.69, 9.17) is 9.47 Å². The average Bonchev–Trinajstić information content (AvgIpc) is 2.59. The lowest BCUT2D eigenvalue weighted by molar-refractivity contribution is -0.383. The molecular weight excluding hydrogens is 396 g/mol. The van der Waals surface area contributed by atoms with E-state index in [9.17, 15) is 19.7 Å². The number of halogens is 1. The van der Waals surface area contributed by atoms with Crippen molar-refractivity contribution < 1.29 is 24.0 Å². The Bertz CT molecular complexity index is 778. The van der Waals surface area contributed by atoms with Crippen molar-refractivity contribution in [3.63, 3.8) is 0 Å². The lowest BCUT2D eigenvalue weighted by Crippen LogP contribution is -2.24. The van der Waals surface area contributed by atoms with Gasteiger partial charge in [-0.25, -0.2) is 4.79 Å². The number of nitrogens with zero attached hydrogens (tertiary/aromatic N) is 1. The molecular formula is C16H13BrN2O6. The molecule has 0 saturated carbocycles. The molecule has 2 aromatic rings. The molecule has 8 nitrogen and oxygen atoms in total. The second-order valence-corrected chi connectivity index (χ2v) is 5.64. The number of benzene rings is 2. The van der Waals surface area contributed by atoms with E-state index in [2.05, 4.69) is 21.2 Å². The molecule has 0 aliphatic heterocycles. The zero-order valence-electron chi connectivity index (χ0n) is 12.8. The molecule has 0 bridgehead atoms. The van der Waals surface area contributed by atoms with Crippen LogP contribution in [0.15, 0.2) is 53.0 Å². The van der Waals surface area contributed by atoms with Crippen LogP contribution in [-0.4, -0.2) is 30.0 Å². The van der Waals surface area contributed by atoms with E-state index < -0.39 is 23.4 Å². The number of carbonyl (C=O) groups excluding carboxylic acids is 2. The molecule has 1 amide bonds. The van der Waals surface area contributed by atoms with Crippen molar-refractivity contribution in [2.45, 2.75) is 0 Å². The topological polar surface area (TPSA) is 108 Å². The lowest BCUT2D eigenvalue weighted by atomic mass is 10.2. The largest absolute Gasteiger partial charge is 0.482 e. The van der Waals surface area contributed by atoms with Crippen LogP contribution in [0.2, 0.25) is 0 Å². The number of hydrogen-bond donors (Lipinski definition) is 1. The first-order valence-corrected chi connectivity index (χ1v) is 7.82. The standard InChI is InChI=1S/C16H13BrN2O6/c17-11-5-7-12(8-6-11)24-10-16(21)25-9-15(20)18-13-3-1-2-4-14(13)19(22)23/h1-8H,9-10H2,(H,18,20). The molecule has 1 N–H and O–H groups in total. The van der Waals surface area contributed by atoms with E-state index in [1.54, 1.807) is 30.3 Å². The molecule has 0 atom stereocenters. The third-order valence-corrected chi connectivity index (χ3v) is 3.44. The Kier molecular flexibility index (Phi) is 6.47. The second-order valence-electron chi connectivity index (χ2n) is 4.73. The zero-order chi connectivity index (χ0) is 18.2. The minimum absolute atomic E-state index is 0.0275. The first-order chi connectivity index (χ1) is 12.0. The number of nitrogens with one attached hydrogen (secondary N) is 1. The maximum atomic E-state index is 11.7. The number of nitro groups is 1. The summed E-state index contributed by atoms with van der Waals surface area (Å²) in [4.78, 5) is 33.6. The highest BCUT2D eigenvalue weighted by Gasteiger charge is 2.15. The van der Waals surface area contributed by atoms with E-state index in [0.717, 1.165) is 4.47 Å². The van der Waals surface area contributed by atoms with Crippen LogP contribution in [-0.2, 0) is 14.3 Å². The summed E-state index contributed by atoms with van der Waals surface area (Å²) in [6.45, 7) is -0.936. The number of ether oxygens (including phenoxy) is 2. The van der Waals surface area contributed by atoms with Crippen LogP contribution in [0.1, 0.15) is 0 Å². The minimum atomic E-state index is -0.736. The van der Waals surface area contributed by atoms with Gasteiger partial charge in [0.1, 0.15) is 11.4 Å². The van der Waals surface area contributed by atoms with Crippen LogP contribution < -0.4 is 10.1 Å². The summed E-state index contributed by atoms with van der Waals surface area (Å²) in [5.74, 6) is -0.948. The Morgan fingerprint density at radius 2 is 1.76 bits per heavy atom. The smallest absolute Gasteiger partial charge is 0.344 e. The molecule has 25 heavy (non-hydrogen) atoms. The van der Waals surface area contributed by atoms with Crippen molar-refractivity contribution in [3.05, 3.63) is 63.1 Å². The summed E-state index contributed by atoms with van der Waals surface area (Å²) in [6.07, 6.45) is 0. The summed E-state index contributed by atoms with van der Waals surface area (Å²) in [5, 5.41) is 13.2. The fourth-order valence-electron chi connectivity index (χ4n) is 1.79. The summed E-state index contributed by atoms with van der Waals surface area (Å²) in [5.41, 5.74) is -0.222. The fourth-order valence-corrected chi connectivity index (χ4v) is 2.05. The van der Waals surface area contributed by atoms with Gasteiger partial charge in [-0.2, -0.15) is 0 Å². The van der Waals surface area contributed by atoms with Gasteiger partial charge in [-0.15, -0.1) is 0 Å². The third kappa shape index (κ3) is 5.88. The predicted octanol–water partition coefficient (Wildman–Crippen LogP) is 2.92. The number of nitro benzene ring substituents is 1. The van der Waals surface area contributed by atoms with Gasteiger partial charge in [0.05, 0.1) is 4.92 Å². The highest BCUT2D eigenvalue weighted by molar-refractivity contribution is 9.10. The molecule has 0 fully saturated rings. The van der Waals surface area contributed by atoms with Crippen LogP contribution in [0.25, 0.3) is 0 Å². The Balaban J connectivity index is 1.79. The van der Waals surface area contributed by atoms with E-state index in [0.29, 0.717) is 5.75 Å². The summed E-state index contributed by atoms with van der Waals surface area (Å²) < 4.78 is 10.8. The molecule has 2 rings (SSSR count). The summed E-state index contributed by atoms with van der Waals surface area (Å²) in [6, 6.07) is 12.5. The number of esters is 1. The average molecular weight is 409 g/mol. The van der Waals surface area contributed by atoms with Crippen molar-refractivity contribution in [2.75, 3.05) is 18.5 Å². The summed E-state index contributed by atoms with van der Waals surface area (Å²) in [7, 11) is 0. The molecule has 130 valence electrons. The van der Waals surface area contributed by atoms with Gasteiger partial charge in [0.25, 0.3) is 11.6 Å². The van der Waals surface area contributed by atoms with Crippen LogP contribution in [0.5, 0.6) is 5.75 Å². The molecule has 2 aromatic carbocycles. The molecule has 0 radical (unpaired) electrons. The van der Waals surface area contributed by atoms with Crippen molar-refractivity contribution in [1.29, 1.82) is 0 Å². The Morgan fingerprint density at radius 1 is 1.08 bits per heavy atom. The van der Waals surface area contributed by atoms with Gasteiger partial charge in [0.2, 0.25) is 0 Å². The third-order valence-electron chi connectivity index (χ3n) is 2.91. The number of carbonyl (C=O) groups is 2. The maximum absolute atomic E-state index is 11.7. The zero-order valence-corrected chi connectivity index (χ0v) is 14.4. The number of amides is 1. The number of para-hydroxylation sites is 2. The molecule has 0 aliphatic rings. The van der Waals surface area contributed by atoms with Gasteiger partial charge >= 0.3 is 5.97 Å². The number of anilines is 1. The van der Waals surface area contributed by atoms with Crippen molar-refractivity contribution in [2.24, 2.45) is 0 Å². The van der Waals surface area contributed by atoms with E-state index in [1.165, 1.54) is 18.2 Å². The summed E-state index contributed by atoms with van der Waals surface area (Å²) >= 11 is 3.27. The molecule has 9 heteroatoms. The van der Waals surface area contributed by atoms with Crippen molar-refractivity contribution in [3.8, 4) is 5.75 Å². The normalized spacial score (nSPS) is 9.96. The molecule has 0 saturated heterocycles. The van der Waals surface area contributed by atoms with E-state index in [-0.39, 0.29) is 18.0 Å². The highest BCUT2D eigenvalue weighted by atomic mass is 79.9. The monoisotopic (exact) mass is 408 g/mol. The van der Waals surface area contributed by atoms with E-state index >= 15 is 0 Å². The second kappa shape index (κ2) is 8.78. The molecule has 0 aliphatic carbocycles. The van der Waals surface area contributed by atoms with Crippen LogP contribution in [0, 0.1) is 10.1 Å². The highest BCUT2D eigenvalue weighted by Crippen LogP contribution is 2.22. The molecule has 0 unspecified atom stereocenters. The van der Waals surface area contributed by atoms with Crippen LogP contribution in [0.3, 0.4) is 0 Å². The van der Waals surface area contributed by atoms with Crippen LogP contribution >= 0.6 is 15.9 Å². The minimum Gasteiger partial charge on any atom is -0.482 e. The quantitative estimate of drug-likeness (QED) is 0.428. The van der Waals surface area contributed by atoms with Gasteiger partial charge in [-0.1, -0.05) is 28.1 Å². The van der Waals surface area contributed by atoms with Gasteiger partial charge in [-0.3, -0.25) is 14.9 Å². The number of hydrogen-bond acceptors (Lipinski definition) is 6. The van der Waals surface area contributed by atoms with E-state index in [1.807, 2.05) is 0 Å². The first-order valence-electron chi connectivity index (χ1n) is 7.03. The van der Waals surface area contributed by atoms with Gasteiger partial charge < -0.3 is 14.8 Å². The fraction of sp³-hybridized carbons (Fsp3) is 0.125. The molecule has 0 aromatic heterocycles. The number of rotatable bonds is 7. The Morgan fingerprint density at radius 3 is 2.44 bits per heavy atom. The van der Waals surface area contributed by atoms with Crippen molar-refractivity contribution in [1.82, 2.24) is 0 Å². The molecule has 0 spiro atoms. The van der Waals surface area contributed by atoms with Gasteiger partial charge in [0.15, 0.2) is 13.2 Å². The molecule has 0 heterocycles. The lowest BCUT2D eigenvalue weighted by Gasteiger charge is -2.08. The Hall–Kier alpha value is -2.94. The predicted molar refractivity (Wildman–Crippen MR) is 92.3 cm³/mol. The van der Waals surface area contributed by atoms with Gasteiger partial charge in [-0.05, 0) is 30.3 Å². The van der Waals surface area contributed by atoms with Crippen LogP contribution in [0.4, 0.5) is 11.4 Å². The van der Waals surface area contributed by atoms with Crippen molar-refractivity contribution >= 4 is 39.2 Å². The first kappa shape index (κ1) is 18.4. The van der Waals surface area contributed by atoms with Gasteiger partial charge in [0, 0.05) is 10.5 Å². The Labute approximate surface area is 151 Å².